The molecule has 84 valence electrons. The second-order valence-electron chi connectivity index (χ2n) is 3.30. The molecule has 0 saturated heterocycles. The number of carbonyl (C=O) groups excluding carboxylic acids is 1. The van der Waals surface area contributed by atoms with Crippen LogP contribution in [0, 0.1) is 0 Å². The fraction of sp³-hybridized carbons (Fsp3) is 0.900. The summed E-state index contributed by atoms with van der Waals surface area (Å²) in [6.07, 6.45) is 2.11. The molecule has 0 saturated carbocycles. The van der Waals surface area contributed by atoms with E-state index in [-0.39, 0.29) is 12.5 Å². The number of nitrogens with one attached hydrogen (secondary N) is 1. The van der Waals surface area contributed by atoms with Crippen LogP contribution in [-0.2, 0) is 9.53 Å². The van der Waals surface area contributed by atoms with Gasteiger partial charge in [-0.1, -0.05) is 20.3 Å². The predicted octanol–water partition coefficient (Wildman–Crippen LogP) is 0.690. The van der Waals surface area contributed by atoms with E-state index in [0.29, 0.717) is 13.2 Å². The summed E-state index contributed by atoms with van der Waals surface area (Å²) in [4.78, 5) is 11.1. The van der Waals surface area contributed by atoms with Gasteiger partial charge in [-0.2, -0.15) is 0 Å². The van der Waals surface area contributed by atoms with Crippen LogP contribution in [0.2, 0.25) is 0 Å². The molecule has 0 aromatic carbocycles. The molecule has 0 bridgehead atoms. The standard InChI is InChI=1S/C10H21NO3/c1-3-5-9(12)7-11-10(13)8-14-6-4-2/h9,12H,3-8H2,1-2H3,(H,11,13). The van der Waals surface area contributed by atoms with Crippen molar-refractivity contribution in [2.75, 3.05) is 19.8 Å². The van der Waals surface area contributed by atoms with E-state index in [2.05, 4.69) is 5.32 Å². The van der Waals surface area contributed by atoms with Gasteiger partial charge in [0, 0.05) is 13.2 Å². The molecule has 1 amide bonds. The van der Waals surface area contributed by atoms with E-state index >= 15 is 0 Å². The number of aliphatic hydroxyl groups excluding tert-OH is 1. The van der Waals surface area contributed by atoms with Gasteiger partial charge in [0.2, 0.25) is 5.91 Å². The molecule has 0 aliphatic heterocycles. The number of ether oxygens (including phenoxy) is 1. The molecule has 4 nitrogen and oxygen atoms in total. The summed E-state index contributed by atoms with van der Waals surface area (Å²) in [6, 6.07) is 0. The van der Waals surface area contributed by atoms with Gasteiger partial charge in [0.25, 0.3) is 0 Å². The third kappa shape index (κ3) is 8.01. The summed E-state index contributed by atoms with van der Waals surface area (Å²) in [6.45, 7) is 5.00. The van der Waals surface area contributed by atoms with E-state index in [0.717, 1.165) is 19.3 Å². The minimum atomic E-state index is -0.435. The van der Waals surface area contributed by atoms with Crippen LogP contribution in [0.15, 0.2) is 0 Å². The predicted molar refractivity (Wildman–Crippen MR) is 55.0 cm³/mol. The van der Waals surface area contributed by atoms with Gasteiger partial charge in [-0.15, -0.1) is 0 Å². The Labute approximate surface area is 85.6 Å². The normalized spacial score (nSPS) is 12.5. The van der Waals surface area contributed by atoms with E-state index in [9.17, 15) is 9.90 Å². The van der Waals surface area contributed by atoms with Gasteiger partial charge >= 0.3 is 0 Å². The van der Waals surface area contributed by atoms with Crippen LogP contribution in [0.5, 0.6) is 0 Å². The molecular weight excluding hydrogens is 182 g/mol. The Hall–Kier alpha value is -0.610. The number of aliphatic hydroxyl groups is 1. The summed E-state index contributed by atoms with van der Waals surface area (Å²) in [5.41, 5.74) is 0. The number of amides is 1. The van der Waals surface area contributed by atoms with Crippen molar-refractivity contribution in [2.45, 2.75) is 39.2 Å². The molecular formula is C10H21NO3. The van der Waals surface area contributed by atoms with Gasteiger partial charge in [-0.25, -0.2) is 0 Å². The van der Waals surface area contributed by atoms with E-state index in [1.807, 2.05) is 13.8 Å². The van der Waals surface area contributed by atoms with Gasteiger partial charge < -0.3 is 15.2 Å². The van der Waals surface area contributed by atoms with Gasteiger partial charge in [-0.05, 0) is 12.8 Å². The minimum absolute atomic E-state index is 0.0900. The largest absolute Gasteiger partial charge is 0.391 e. The molecule has 0 heterocycles. The highest BCUT2D eigenvalue weighted by Crippen LogP contribution is 1.93. The van der Waals surface area contributed by atoms with Gasteiger partial charge in [0.05, 0.1) is 6.10 Å². The van der Waals surface area contributed by atoms with Crippen molar-refractivity contribution in [1.82, 2.24) is 5.32 Å². The van der Waals surface area contributed by atoms with Crippen LogP contribution in [-0.4, -0.2) is 36.9 Å². The molecule has 0 aromatic heterocycles. The van der Waals surface area contributed by atoms with E-state index in [1.54, 1.807) is 0 Å². The molecule has 1 unspecified atom stereocenters. The first-order valence-electron chi connectivity index (χ1n) is 5.23. The first-order chi connectivity index (χ1) is 6.70. The van der Waals surface area contributed by atoms with Gasteiger partial charge in [0.1, 0.15) is 6.61 Å². The number of carbonyl (C=O) groups is 1. The third-order valence-corrected chi connectivity index (χ3v) is 1.74. The average Bonchev–Trinajstić information content (AvgIpc) is 2.16. The molecule has 14 heavy (non-hydrogen) atoms. The maximum atomic E-state index is 11.1. The molecule has 0 fully saturated rings. The summed E-state index contributed by atoms with van der Waals surface area (Å²) in [7, 11) is 0. The second-order valence-corrected chi connectivity index (χ2v) is 3.30. The number of hydrogen-bond donors (Lipinski definition) is 2. The molecule has 0 rings (SSSR count). The first-order valence-corrected chi connectivity index (χ1v) is 5.23. The zero-order valence-electron chi connectivity index (χ0n) is 9.08. The Balaban J connectivity index is 3.34. The summed E-state index contributed by atoms with van der Waals surface area (Å²) in [5, 5.41) is 11.9. The highest BCUT2D eigenvalue weighted by molar-refractivity contribution is 5.77. The zero-order valence-corrected chi connectivity index (χ0v) is 9.08. The summed E-state index contributed by atoms with van der Waals surface area (Å²) >= 11 is 0. The molecule has 0 aliphatic rings. The monoisotopic (exact) mass is 203 g/mol. The maximum Gasteiger partial charge on any atom is 0.246 e. The number of hydrogen-bond acceptors (Lipinski definition) is 3. The van der Waals surface area contributed by atoms with Gasteiger partial charge in [0.15, 0.2) is 0 Å². The Bertz CT molecular complexity index is 150. The van der Waals surface area contributed by atoms with Crippen molar-refractivity contribution < 1.29 is 14.6 Å². The molecule has 0 aromatic rings. The van der Waals surface area contributed by atoms with E-state index < -0.39 is 6.10 Å². The lowest BCUT2D eigenvalue weighted by molar-refractivity contribution is -0.126. The smallest absolute Gasteiger partial charge is 0.246 e. The molecule has 0 radical (unpaired) electrons. The molecule has 1 atom stereocenters. The van der Waals surface area contributed by atoms with Crippen molar-refractivity contribution in [1.29, 1.82) is 0 Å². The molecule has 0 spiro atoms. The quantitative estimate of drug-likeness (QED) is 0.571. The van der Waals surface area contributed by atoms with Crippen molar-refractivity contribution in [2.24, 2.45) is 0 Å². The van der Waals surface area contributed by atoms with Crippen molar-refractivity contribution in [3.8, 4) is 0 Å². The number of rotatable bonds is 8. The van der Waals surface area contributed by atoms with Gasteiger partial charge in [-0.3, -0.25) is 4.79 Å². The topological polar surface area (TPSA) is 58.6 Å². The van der Waals surface area contributed by atoms with Crippen LogP contribution in [0.25, 0.3) is 0 Å². The highest BCUT2D eigenvalue weighted by atomic mass is 16.5. The fourth-order valence-electron chi connectivity index (χ4n) is 1.03. The lowest BCUT2D eigenvalue weighted by atomic mass is 10.2. The molecule has 4 heteroatoms. The minimum Gasteiger partial charge on any atom is -0.391 e. The zero-order chi connectivity index (χ0) is 10.8. The SMILES string of the molecule is CCCOCC(=O)NCC(O)CCC. The third-order valence-electron chi connectivity index (χ3n) is 1.74. The van der Waals surface area contributed by atoms with Crippen molar-refractivity contribution >= 4 is 5.91 Å². The Kier molecular flexibility index (Phi) is 8.57. The van der Waals surface area contributed by atoms with Crippen LogP contribution in [0.1, 0.15) is 33.1 Å². The van der Waals surface area contributed by atoms with Crippen LogP contribution >= 0.6 is 0 Å². The lowest BCUT2D eigenvalue weighted by Gasteiger charge is -2.10. The van der Waals surface area contributed by atoms with Crippen molar-refractivity contribution in [3.05, 3.63) is 0 Å². The molecule has 0 aliphatic carbocycles. The summed E-state index contributed by atoms with van der Waals surface area (Å²) < 4.78 is 5.04. The average molecular weight is 203 g/mol. The van der Waals surface area contributed by atoms with Crippen LogP contribution in [0.3, 0.4) is 0 Å². The van der Waals surface area contributed by atoms with Crippen LogP contribution < -0.4 is 5.32 Å². The van der Waals surface area contributed by atoms with Crippen LogP contribution in [0.4, 0.5) is 0 Å². The van der Waals surface area contributed by atoms with Crippen molar-refractivity contribution in [3.63, 3.8) is 0 Å². The highest BCUT2D eigenvalue weighted by Gasteiger charge is 2.05. The first kappa shape index (κ1) is 13.4. The Morgan fingerprint density at radius 1 is 1.43 bits per heavy atom. The summed E-state index contributed by atoms with van der Waals surface area (Å²) in [5.74, 6) is -0.159. The Morgan fingerprint density at radius 2 is 2.14 bits per heavy atom. The maximum absolute atomic E-state index is 11.1. The second kappa shape index (κ2) is 8.97. The fourth-order valence-corrected chi connectivity index (χ4v) is 1.03. The lowest BCUT2D eigenvalue weighted by Crippen LogP contribution is -2.34. The Morgan fingerprint density at radius 3 is 2.71 bits per heavy atom. The van der Waals surface area contributed by atoms with E-state index in [1.165, 1.54) is 0 Å². The molecule has 2 N–H and O–H groups in total. The van der Waals surface area contributed by atoms with E-state index in [4.69, 9.17) is 4.74 Å².